The van der Waals surface area contributed by atoms with E-state index in [2.05, 4.69) is 0 Å². The Kier molecular flexibility index (Phi) is 3.02. The van der Waals surface area contributed by atoms with Crippen LogP contribution in [0.15, 0.2) is 0 Å². The summed E-state index contributed by atoms with van der Waals surface area (Å²) in [7, 11) is 0. The maximum Gasteiger partial charge on any atom is 0.115 e. The number of ether oxygens (including phenoxy) is 6. The molecule has 0 aromatic carbocycles. The molecule has 0 bridgehead atoms. The second kappa shape index (κ2) is 4.70. The van der Waals surface area contributed by atoms with Crippen LogP contribution in [-0.4, -0.2) is 76.3 Å². The average molecular weight is 258 g/mol. The predicted octanol–water partition coefficient (Wildman–Crippen LogP) is -0.648. The van der Waals surface area contributed by atoms with E-state index in [0.717, 1.165) is 13.2 Å². The van der Waals surface area contributed by atoms with Crippen molar-refractivity contribution in [3.8, 4) is 0 Å². The van der Waals surface area contributed by atoms with E-state index < -0.39 is 0 Å². The first-order valence-electron chi connectivity index (χ1n) is 6.60. The van der Waals surface area contributed by atoms with Gasteiger partial charge in [0.05, 0.1) is 39.6 Å². The van der Waals surface area contributed by atoms with Crippen molar-refractivity contribution in [1.82, 2.24) is 0 Å². The normalized spacial score (nSPS) is 49.3. The molecule has 4 aliphatic rings. The summed E-state index contributed by atoms with van der Waals surface area (Å²) in [6.07, 6.45) is 0.617. The maximum absolute atomic E-state index is 5.77. The Hall–Kier alpha value is -0.240. The van der Waals surface area contributed by atoms with Crippen molar-refractivity contribution in [3.05, 3.63) is 0 Å². The van der Waals surface area contributed by atoms with Gasteiger partial charge in [0.1, 0.15) is 36.6 Å². The minimum atomic E-state index is 0.00821. The molecule has 0 N–H and O–H groups in total. The third kappa shape index (κ3) is 2.41. The lowest BCUT2D eigenvalue weighted by Crippen LogP contribution is -2.35. The molecule has 4 heterocycles. The minimum absolute atomic E-state index is 0.00821. The van der Waals surface area contributed by atoms with Crippen LogP contribution in [0.3, 0.4) is 0 Å². The van der Waals surface area contributed by atoms with Gasteiger partial charge in [-0.05, 0) is 0 Å². The van der Waals surface area contributed by atoms with Crippen molar-refractivity contribution in [2.45, 2.75) is 36.6 Å². The second-order valence-corrected chi connectivity index (χ2v) is 5.25. The molecule has 4 saturated heterocycles. The summed E-state index contributed by atoms with van der Waals surface area (Å²) in [6.45, 7) is 4.08. The van der Waals surface area contributed by atoms with Crippen LogP contribution in [0, 0.1) is 0 Å². The van der Waals surface area contributed by atoms with Crippen LogP contribution < -0.4 is 0 Å². The molecule has 0 radical (unpaired) electrons. The Balaban J connectivity index is 1.27. The van der Waals surface area contributed by atoms with Gasteiger partial charge in [0.15, 0.2) is 0 Å². The molecule has 6 nitrogen and oxygen atoms in total. The summed E-state index contributed by atoms with van der Waals surface area (Å²) in [5.41, 5.74) is 0. The molecular formula is C12H18O6. The molecule has 0 amide bonds. The highest BCUT2D eigenvalue weighted by molar-refractivity contribution is 4.96. The van der Waals surface area contributed by atoms with Crippen LogP contribution in [0.25, 0.3) is 0 Å². The Morgan fingerprint density at radius 3 is 1.50 bits per heavy atom. The summed E-state index contributed by atoms with van der Waals surface area (Å²) >= 11 is 0. The lowest BCUT2D eigenvalue weighted by Gasteiger charge is -2.16. The zero-order valence-electron chi connectivity index (χ0n) is 10.2. The van der Waals surface area contributed by atoms with Crippen LogP contribution in [0.5, 0.6) is 0 Å². The topological polar surface area (TPSA) is 62.0 Å². The van der Waals surface area contributed by atoms with Crippen molar-refractivity contribution in [2.24, 2.45) is 0 Å². The fourth-order valence-corrected chi connectivity index (χ4v) is 2.51. The van der Waals surface area contributed by atoms with E-state index in [-0.39, 0.29) is 36.6 Å². The molecule has 0 saturated carbocycles. The van der Waals surface area contributed by atoms with E-state index in [9.17, 15) is 0 Å². The van der Waals surface area contributed by atoms with Crippen molar-refractivity contribution in [2.75, 3.05) is 39.6 Å². The van der Waals surface area contributed by atoms with E-state index in [1.807, 2.05) is 0 Å². The molecule has 6 heteroatoms. The standard InChI is InChI=1S/C12H18O6/c1-7(13-1)3-15-9-5-17-12-10(6-18-11(9)12)16-4-8-2-14-8/h7-12H,1-6H2/t7?,8?,9-,10-,11+,12+/m0/s1. The minimum Gasteiger partial charge on any atom is -0.371 e. The molecule has 18 heavy (non-hydrogen) atoms. The third-order valence-corrected chi connectivity index (χ3v) is 3.76. The highest BCUT2D eigenvalue weighted by Gasteiger charge is 2.49. The van der Waals surface area contributed by atoms with Gasteiger partial charge < -0.3 is 28.4 Å². The SMILES string of the molecule is C1OC1CO[C@H]1CO[C@H]2[C@@H]1OC[C@@H]2OCC1CO1. The largest absolute Gasteiger partial charge is 0.371 e. The van der Waals surface area contributed by atoms with E-state index in [1.54, 1.807) is 0 Å². The lowest BCUT2D eigenvalue weighted by atomic mass is 10.1. The first-order valence-corrected chi connectivity index (χ1v) is 6.60. The molecule has 6 atom stereocenters. The van der Waals surface area contributed by atoms with Crippen molar-refractivity contribution in [1.29, 1.82) is 0 Å². The second-order valence-electron chi connectivity index (χ2n) is 5.25. The van der Waals surface area contributed by atoms with E-state index in [1.165, 1.54) is 0 Å². The quantitative estimate of drug-likeness (QED) is 0.590. The van der Waals surface area contributed by atoms with Crippen LogP contribution in [0.2, 0.25) is 0 Å². The van der Waals surface area contributed by atoms with Gasteiger partial charge in [0, 0.05) is 0 Å². The Morgan fingerprint density at radius 2 is 1.11 bits per heavy atom. The van der Waals surface area contributed by atoms with Crippen LogP contribution >= 0.6 is 0 Å². The smallest absolute Gasteiger partial charge is 0.115 e. The highest BCUT2D eigenvalue weighted by Crippen LogP contribution is 2.31. The molecule has 2 unspecified atom stereocenters. The molecule has 4 aliphatic heterocycles. The van der Waals surface area contributed by atoms with Crippen molar-refractivity contribution in [3.63, 3.8) is 0 Å². The molecule has 102 valence electrons. The number of hydrogen-bond acceptors (Lipinski definition) is 6. The fraction of sp³-hybridized carbons (Fsp3) is 1.00. The monoisotopic (exact) mass is 258 g/mol. The van der Waals surface area contributed by atoms with Gasteiger partial charge in [-0.15, -0.1) is 0 Å². The molecule has 0 aromatic rings. The van der Waals surface area contributed by atoms with Crippen LogP contribution in [0.1, 0.15) is 0 Å². The maximum atomic E-state index is 5.77. The summed E-state index contributed by atoms with van der Waals surface area (Å²) < 4.78 is 33.3. The zero-order chi connectivity index (χ0) is 11.9. The summed E-state index contributed by atoms with van der Waals surface area (Å²) in [4.78, 5) is 0. The van der Waals surface area contributed by atoms with Crippen LogP contribution in [0.4, 0.5) is 0 Å². The van der Waals surface area contributed by atoms with Gasteiger partial charge in [-0.3, -0.25) is 0 Å². The van der Waals surface area contributed by atoms with Gasteiger partial charge in [-0.25, -0.2) is 0 Å². The number of rotatable bonds is 6. The van der Waals surface area contributed by atoms with Gasteiger partial charge in [0.25, 0.3) is 0 Å². The first-order chi connectivity index (χ1) is 8.90. The third-order valence-electron chi connectivity index (χ3n) is 3.76. The van der Waals surface area contributed by atoms with Crippen molar-refractivity contribution >= 4 is 0 Å². The molecule has 4 fully saturated rings. The molecular weight excluding hydrogens is 240 g/mol. The molecule has 0 aliphatic carbocycles. The lowest BCUT2D eigenvalue weighted by molar-refractivity contribution is -0.0541. The van der Waals surface area contributed by atoms with Gasteiger partial charge >= 0.3 is 0 Å². The number of hydrogen-bond donors (Lipinski definition) is 0. The van der Waals surface area contributed by atoms with E-state index >= 15 is 0 Å². The first kappa shape index (κ1) is 11.6. The average Bonchev–Trinajstić information content (AvgIpc) is 3.28. The van der Waals surface area contributed by atoms with Gasteiger partial charge in [-0.1, -0.05) is 0 Å². The molecule has 0 aromatic heterocycles. The van der Waals surface area contributed by atoms with E-state index in [0.29, 0.717) is 26.4 Å². The van der Waals surface area contributed by atoms with Gasteiger partial charge in [0.2, 0.25) is 0 Å². The Morgan fingerprint density at radius 1 is 0.667 bits per heavy atom. The van der Waals surface area contributed by atoms with Gasteiger partial charge in [-0.2, -0.15) is 0 Å². The van der Waals surface area contributed by atoms with Crippen molar-refractivity contribution < 1.29 is 28.4 Å². The van der Waals surface area contributed by atoms with E-state index in [4.69, 9.17) is 28.4 Å². The Labute approximate surface area is 105 Å². The number of fused-ring (bicyclic) bond motifs is 1. The summed E-state index contributed by atoms with van der Waals surface area (Å²) in [6, 6.07) is 0. The van der Waals surface area contributed by atoms with Crippen LogP contribution in [-0.2, 0) is 28.4 Å². The summed E-state index contributed by atoms with van der Waals surface area (Å²) in [5.74, 6) is 0. The number of epoxide rings is 2. The Bertz CT molecular complexity index is 273. The predicted molar refractivity (Wildman–Crippen MR) is 58.4 cm³/mol. The highest BCUT2D eigenvalue weighted by atomic mass is 16.7. The molecule has 0 spiro atoms. The zero-order valence-corrected chi connectivity index (χ0v) is 10.2. The fourth-order valence-electron chi connectivity index (χ4n) is 2.51. The summed E-state index contributed by atoms with van der Waals surface area (Å²) in [5, 5.41) is 0. The molecule has 4 rings (SSSR count).